The lowest BCUT2D eigenvalue weighted by Gasteiger charge is -2.57. The Morgan fingerprint density at radius 1 is 0.839 bits per heavy atom. The van der Waals surface area contributed by atoms with Gasteiger partial charge in [-0.3, -0.25) is 9.59 Å². The van der Waals surface area contributed by atoms with Crippen molar-refractivity contribution >= 4 is 22.6 Å². The Balaban J connectivity index is 1.10. The van der Waals surface area contributed by atoms with E-state index in [1.54, 1.807) is 0 Å². The van der Waals surface area contributed by atoms with Crippen LogP contribution in [0.1, 0.15) is 61.7 Å². The number of nitrogens with zero attached hydrogens (tertiary/aromatic N) is 1. The molecule has 162 valence electrons. The van der Waals surface area contributed by atoms with E-state index in [-0.39, 0.29) is 17.4 Å². The molecule has 1 aliphatic heterocycles. The summed E-state index contributed by atoms with van der Waals surface area (Å²) in [6.45, 7) is 1.56. The second kappa shape index (κ2) is 7.36. The van der Waals surface area contributed by atoms with Crippen molar-refractivity contribution in [2.45, 2.75) is 57.4 Å². The van der Waals surface area contributed by atoms with E-state index in [1.165, 1.54) is 19.3 Å². The predicted octanol–water partition coefficient (Wildman–Crippen LogP) is 4.78. The number of carbonyl (C=O) groups excluding carboxylic acids is 2. The van der Waals surface area contributed by atoms with Crippen LogP contribution in [0.4, 0.5) is 0 Å². The smallest absolute Gasteiger partial charge is 0.252 e. The summed E-state index contributed by atoms with van der Waals surface area (Å²) in [5.41, 5.74) is 0.693. The van der Waals surface area contributed by atoms with Crippen LogP contribution in [0.2, 0.25) is 0 Å². The lowest BCUT2D eigenvalue weighted by Crippen LogP contribution is -2.56. The molecule has 4 saturated carbocycles. The van der Waals surface area contributed by atoms with Crippen molar-refractivity contribution in [2.24, 2.45) is 23.2 Å². The number of amides is 2. The molecule has 0 aromatic heterocycles. The van der Waals surface area contributed by atoms with E-state index in [1.807, 2.05) is 42.5 Å². The zero-order chi connectivity index (χ0) is 21.0. The molecule has 0 atom stereocenters. The summed E-state index contributed by atoms with van der Waals surface area (Å²) < 4.78 is 0. The first kappa shape index (κ1) is 19.3. The molecule has 1 N–H and O–H groups in total. The Morgan fingerprint density at radius 3 is 2.13 bits per heavy atom. The molecular weight excluding hydrogens is 384 g/mol. The Kier molecular flexibility index (Phi) is 4.59. The summed E-state index contributed by atoms with van der Waals surface area (Å²) in [4.78, 5) is 28.7. The summed E-state index contributed by atoms with van der Waals surface area (Å²) in [6.07, 6.45) is 9.22. The molecule has 2 amide bonds. The van der Waals surface area contributed by atoms with E-state index in [0.717, 1.165) is 79.3 Å². The van der Waals surface area contributed by atoms with Crippen LogP contribution >= 0.6 is 0 Å². The highest BCUT2D eigenvalue weighted by molar-refractivity contribution is 6.07. The Morgan fingerprint density at radius 2 is 1.45 bits per heavy atom. The number of rotatable bonds is 3. The highest BCUT2D eigenvalue weighted by atomic mass is 16.2. The summed E-state index contributed by atoms with van der Waals surface area (Å²) in [5.74, 6) is 2.83. The second-order valence-corrected chi connectivity index (χ2v) is 10.8. The number of benzene rings is 2. The summed E-state index contributed by atoms with van der Waals surface area (Å²) in [7, 11) is 0. The number of hydrogen-bond acceptors (Lipinski definition) is 2. The van der Waals surface area contributed by atoms with Gasteiger partial charge in [0.2, 0.25) is 5.91 Å². The van der Waals surface area contributed by atoms with Gasteiger partial charge >= 0.3 is 0 Å². The summed E-state index contributed by atoms with van der Waals surface area (Å²) in [5, 5.41) is 5.33. The van der Waals surface area contributed by atoms with Crippen LogP contribution in [0, 0.1) is 23.2 Å². The average molecular weight is 417 g/mol. The molecule has 0 radical (unpaired) electrons. The van der Waals surface area contributed by atoms with Gasteiger partial charge in [0.25, 0.3) is 5.91 Å². The van der Waals surface area contributed by atoms with Gasteiger partial charge in [-0.15, -0.1) is 0 Å². The maximum Gasteiger partial charge on any atom is 0.252 e. The number of fused-ring (bicyclic) bond motifs is 1. The third-order valence-corrected chi connectivity index (χ3v) is 8.64. The quantitative estimate of drug-likeness (QED) is 0.783. The van der Waals surface area contributed by atoms with E-state index < -0.39 is 0 Å². The topological polar surface area (TPSA) is 49.4 Å². The van der Waals surface area contributed by atoms with Crippen molar-refractivity contribution in [3.8, 4) is 0 Å². The van der Waals surface area contributed by atoms with Gasteiger partial charge in [-0.1, -0.05) is 36.4 Å². The van der Waals surface area contributed by atoms with Crippen LogP contribution in [0.15, 0.2) is 42.5 Å². The molecular formula is C27H32N2O2. The van der Waals surface area contributed by atoms with Gasteiger partial charge in [0.15, 0.2) is 0 Å². The molecule has 5 aliphatic rings. The normalized spacial score (nSPS) is 32.4. The molecule has 4 aliphatic carbocycles. The Bertz CT molecular complexity index is 980. The van der Waals surface area contributed by atoms with E-state index in [9.17, 15) is 9.59 Å². The Labute approximate surface area is 184 Å². The fourth-order valence-electron chi connectivity index (χ4n) is 7.62. The molecule has 31 heavy (non-hydrogen) atoms. The van der Waals surface area contributed by atoms with Crippen LogP contribution in [0.25, 0.3) is 10.8 Å². The third kappa shape index (κ3) is 3.35. The molecule has 2 aromatic carbocycles. The van der Waals surface area contributed by atoms with Crippen LogP contribution in [-0.2, 0) is 4.79 Å². The second-order valence-electron chi connectivity index (χ2n) is 10.8. The summed E-state index contributed by atoms with van der Waals surface area (Å²) >= 11 is 0. The van der Waals surface area contributed by atoms with Crippen LogP contribution in [0.5, 0.6) is 0 Å². The molecule has 5 fully saturated rings. The van der Waals surface area contributed by atoms with E-state index in [0.29, 0.717) is 5.91 Å². The number of piperidine rings is 1. The van der Waals surface area contributed by atoms with Crippen molar-refractivity contribution in [1.82, 2.24) is 10.2 Å². The van der Waals surface area contributed by atoms with Crippen LogP contribution in [0.3, 0.4) is 0 Å². The average Bonchev–Trinajstić information content (AvgIpc) is 2.78. The zero-order valence-electron chi connectivity index (χ0n) is 18.2. The van der Waals surface area contributed by atoms with Gasteiger partial charge in [0, 0.05) is 24.7 Å². The fourth-order valence-corrected chi connectivity index (χ4v) is 7.62. The molecule has 2 aromatic rings. The molecule has 4 nitrogen and oxygen atoms in total. The van der Waals surface area contributed by atoms with Crippen molar-refractivity contribution in [3.05, 3.63) is 48.0 Å². The van der Waals surface area contributed by atoms with Gasteiger partial charge < -0.3 is 10.2 Å². The lowest BCUT2D eigenvalue weighted by molar-refractivity contribution is -0.158. The van der Waals surface area contributed by atoms with Gasteiger partial charge in [0.05, 0.1) is 5.41 Å². The van der Waals surface area contributed by atoms with E-state index in [4.69, 9.17) is 0 Å². The van der Waals surface area contributed by atoms with Crippen LogP contribution < -0.4 is 5.32 Å². The van der Waals surface area contributed by atoms with Crippen molar-refractivity contribution in [3.63, 3.8) is 0 Å². The third-order valence-electron chi connectivity index (χ3n) is 8.64. The van der Waals surface area contributed by atoms with E-state index >= 15 is 0 Å². The van der Waals surface area contributed by atoms with Gasteiger partial charge in [-0.05, 0) is 86.0 Å². The lowest BCUT2D eigenvalue weighted by atomic mass is 9.49. The maximum atomic E-state index is 13.6. The monoisotopic (exact) mass is 416 g/mol. The molecule has 4 heteroatoms. The fraction of sp³-hybridized carbons (Fsp3) is 0.556. The number of carbonyl (C=O) groups is 2. The van der Waals surface area contributed by atoms with Gasteiger partial charge in [-0.25, -0.2) is 0 Å². The SMILES string of the molecule is O=C(NC1CCN(C(=O)C23CC4CC(CC(C4)C2)C3)CC1)c1cccc2ccccc12. The molecule has 0 unspecified atom stereocenters. The summed E-state index contributed by atoms with van der Waals surface area (Å²) in [6, 6.07) is 14.1. The first-order valence-electron chi connectivity index (χ1n) is 12.2. The molecule has 7 rings (SSSR count). The molecule has 1 heterocycles. The minimum Gasteiger partial charge on any atom is -0.349 e. The molecule has 0 spiro atoms. The first-order chi connectivity index (χ1) is 15.1. The minimum absolute atomic E-state index is 0.00246. The van der Waals surface area contributed by atoms with Gasteiger partial charge in [0.1, 0.15) is 0 Å². The van der Waals surface area contributed by atoms with Crippen LogP contribution in [-0.4, -0.2) is 35.8 Å². The van der Waals surface area contributed by atoms with Gasteiger partial charge in [-0.2, -0.15) is 0 Å². The zero-order valence-corrected chi connectivity index (χ0v) is 18.2. The van der Waals surface area contributed by atoms with Crippen molar-refractivity contribution in [2.75, 3.05) is 13.1 Å². The number of likely N-dealkylation sites (tertiary alicyclic amines) is 1. The largest absolute Gasteiger partial charge is 0.349 e. The standard InChI is InChI=1S/C27H32N2O2/c30-25(24-7-3-5-21-4-1-2-6-23(21)24)28-22-8-10-29(11-9-22)26(31)27-15-18-12-19(16-27)14-20(13-18)17-27/h1-7,18-20,22H,8-17H2,(H,28,30). The molecule has 1 saturated heterocycles. The first-order valence-corrected chi connectivity index (χ1v) is 12.2. The molecule has 4 bridgehead atoms. The minimum atomic E-state index is -0.0478. The van der Waals surface area contributed by atoms with Crippen molar-refractivity contribution < 1.29 is 9.59 Å². The van der Waals surface area contributed by atoms with Crippen molar-refractivity contribution in [1.29, 1.82) is 0 Å². The predicted molar refractivity (Wildman–Crippen MR) is 122 cm³/mol. The Hall–Kier alpha value is -2.36. The number of nitrogens with one attached hydrogen (secondary N) is 1. The maximum absolute atomic E-state index is 13.6. The number of hydrogen-bond donors (Lipinski definition) is 1. The highest BCUT2D eigenvalue weighted by Gasteiger charge is 2.55. The van der Waals surface area contributed by atoms with E-state index in [2.05, 4.69) is 10.2 Å². The highest BCUT2D eigenvalue weighted by Crippen LogP contribution is 2.60.